The smallest absolute Gasteiger partial charge is 0.312 e. The fourth-order valence-electron chi connectivity index (χ4n) is 4.48. The molecule has 3 rings (SSSR count). The first-order valence-corrected chi connectivity index (χ1v) is 10.8. The Bertz CT molecular complexity index is 614. The maximum atomic E-state index is 13.4. The minimum atomic E-state index is -0.795. The van der Waals surface area contributed by atoms with Crippen LogP contribution in [0.2, 0.25) is 0 Å². The summed E-state index contributed by atoms with van der Waals surface area (Å²) in [4.78, 5) is 13.4. The largest absolute Gasteiger partial charge is 0.456 e. The molecule has 0 aromatic carbocycles. The molecule has 3 aliphatic rings. The Morgan fingerprint density at radius 1 is 1.03 bits per heavy atom. The van der Waals surface area contributed by atoms with Crippen molar-refractivity contribution in [1.29, 1.82) is 0 Å². The van der Waals surface area contributed by atoms with Crippen LogP contribution in [0.15, 0.2) is 0 Å². The third-order valence-electron chi connectivity index (χ3n) is 6.24. The van der Waals surface area contributed by atoms with E-state index in [1.807, 2.05) is 34.6 Å². The minimum absolute atomic E-state index is 0.135. The Kier molecular flexibility index (Phi) is 6.13. The molecule has 0 aromatic rings. The number of rotatable bonds is 6. The maximum Gasteiger partial charge on any atom is 0.312 e. The van der Waals surface area contributed by atoms with Crippen molar-refractivity contribution in [3.63, 3.8) is 0 Å². The van der Waals surface area contributed by atoms with Gasteiger partial charge in [0.05, 0.1) is 12.0 Å². The molecule has 3 saturated heterocycles. The van der Waals surface area contributed by atoms with E-state index in [4.69, 9.17) is 28.4 Å². The standard InChI is InChI=1S/C22H38O7/c1-12(2)10-22(9,13(3)4)19(23)26-16-15(14-11-24-20(5,6)27-14)25-18-17(16)28-21(7,8)29-18/h12-18H,10-11H2,1-9H3. The Balaban J connectivity index is 1.82. The highest BCUT2D eigenvalue weighted by Gasteiger charge is 2.60. The summed E-state index contributed by atoms with van der Waals surface area (Å²) in [6, 6.07) is 0. The summed E-state index contributed by atoms with van der Waals surface area (Å²) in [5.41, 5.74) is -0.599. The third kappa shape index (κ3) is 4.64. The molecule has 3 fully saturated rings. The number of hydrogen-bond acceptors (Lipinski definition) is 7. The predicted molar refractivity (Wildman–Crippen MR) is 106 cm³/mol. The van der Waals surface area contributed by atoms with Crippen LogP contribution in [-0.2, 0) is 33.2 Å². The highest BCUT2D eigenvalue weighted by Crippen LogP contribution is 2.44. The average molecular weight is 415 g/mol. The Morgan fingerprint density at radius 2 is 1.69 bits per heavy atom. The molecule has 0 aromatic heterocycles. The van der Waals surface area contributed by atoms with Crippen LogP contribution in [0.25, 0.3) is 0 Å². The second-order valence-corrected chi connectivity index (χ2v) is 10.5. The lowest BCUT2D eigenvalue weighted by atomic mass is 9.73. The molecule has 3 heterocycles. The van der Waals surface area contributed by atoms with E-state index in [0.29, 0.717) is 12.5 Å². The van der Waals surface area contributed by atoms with Crippen molar-refractivity contribution in [2.24, 2.45) is 17.3 Å². The van der Waals surface area contributed by atoms with Crippen LogP contribution in [-0.4, -0.2) is 54.9 Å². The fraction of sp³-hybridized carbons (Fsp3) is 0.955. The summed E-state index contributed by atoms with van der Waals surface area (Å²) in [6.45, 7) is 18.1. The zero-order valence-corrected chi connectivity index (χ0v) is 19.3. The van der Waals surface area contributed by atoms with E-state index in [1.54, 1.807) is 0 Å². The molecule has 0 saturated carbocycles. The molecule has 0 N–H and O–H groups in total. The van der Waals surface area contributed by atoms with Gasteiger partial charge in [0, 0.05) is 0 Å². The summed E-state index contributed by atoms with van der Waals surface area (Å²) in [5, 5.41) is 0. The van der Waals surface area contributed by atoms with Crippen molar-refractivity contribution < 1.29 is 33.2 Å². The minimum Gasteiger partial charge on any atom is -0.456 e. The lowest BCUT2D eigenvalue weighted by Crippen LogP contribution is -2.48. The van der Waals surface area contributed by atoms with E-state index >= 15 is 0 Å². The maximum absolute atomic E-state index is 13.4. The molecule has 6 atom stereocenters. The lowest BCUT2D eigenvalue weighted by molar-refractivity contribution is -0.237. The number of hydrogen-bond donors (Lipinski definition) is 0. The molecule has 0 bridgehead atoms. The van der Waals surface area contributed by atoms with E-state index in [2.05, 4.69) is 27.7 Å². The summed E-state index contributed by atoms with van der Waals surface area (Å²) in [7, 11) is 0. The summed E-state index contributed by atoms with van der Waals surface area (Å²) >= 11 is 0. The first kappa shape index (κ1) is 22.9. The number of carbonyl (C=O) groups excluding carboxylic acids is 1. The van der Waals surface area contributed by atoms with E-state index in [1.165, 1.54) is 0 Å². The van der Waals surface area contributed by atoms with E-state index in [-0.39, 0.29) is 18.0 Å². The molecule has 0 spiro atoms. The zero-order valence-electron chi connectivity index (χ0n) is 19.3. The summed E-state index contributed by atoms with van der Waals surface area (Å²) in [5.74, 6) is -1.22. The molecule has 0 radical (unpaired) electrons. The van der Waals surface area contributed by atoms with Crippen LogP contribution < -0.4 is 0 Å². The van der Waals surface area contributed by atoms with Gasteiger partial charge in [-0.2, -0.15) is 0 Å². The number of carbonyl (C=O) groups is 1. The van der Waals surface area contributed by atoms with Crippen molar-refractivity contribution in [3.8, 4) is 0 Å². The molecular formula is C22H38O7. The van der Waals surface area contributed by atoms with E-state index in [9.17, 15) is 4.79 Å². The van der Waals surface area contributed by atoms with Gasteiger partial charge in [-0.05, 0) is 52.9 Å². The Hall–Kier alpha value is -0.730. The monoisotopic (exact) mass is 414 g/mol. The second-order valence-electron chi connectivity index (χ2n) is 10.5. The molecule has 168 valence electrons. The van der Waals surface area contributed by atoms with Gasteiger partial charge in [-0.3, -0.25) is 4.79 Å². The first-order chi connectivity index (χ1) is 13.2. The normalized spacial score (nSPS) is 37.7. The average Bonchev–Trinajstić information content (AvgIpc) is 3.16. The van der Waals surface area contributed by atoms with Crippen molar-refractivity contribution in [2.75, 3.05) is 6.61 Å². The van der Waals surface area contributed by atoms with Gasteiger partial charge in [-0.1, -0.05) is 27.7 Å². The van der Waals surface area contributed by atoms with Crippen molar-refractivity contribution in [1.82, 2.24) is 0 Å². The number of esters is 1. The van der Waals surface area contributed by atoms with Gasteiger partial charge in [0.2, 0.25) is 0 Å². The van der Waals surface area contributed by atoms with Crippen LogP contribution in [0.5, 0.6) is 0 Å². The van der Waals surface area contributed by atoms with Gasteiger partial charge in [0.1, 0.15) is 12.2 Å². The molecule has 6 unspecified atom stereocenters. The molecule has 0 aliphatic carbocycles. The van der Waals surface area contributed by atoms with Gasteiger partial charge in [-0.25, -0.2) is 0 Å². The van der Waals surface area contributed by atoms with Crippen molar-refractivity contribution >= 4 is 5.97 Å². The molecule has 7 nitrogen and oxygen atoms in total. The fourth-order valence-corrected chi connectivity index (χ4v) is 4.48. The topological polar surface area (TPSA) is 72.5 Å². The van der Waals surface area contributed by atoms with Crippen LogP contribution in [0.4, 0.5) is 0 Å². The highest BCUT2D eigenvalue weighted by molar-refractivity contribution is 5.77. The second kappa shape index (κ2) is 7.75. The van der Waals surface area contributed by atoms with E-state index in [0.717, 1.165) is 6.42 Å². The summed E-state index contributed by atoms with van der Waals surface area (Å²) in [6.07, 6.45) is -1.85. The molecule has 29 heavy (non-hydrogen) atoms. The van der Waals surface area contributed by atoms with Gasteiger partial charge in [0.15, 0.2) is 30.1 Å². The molecule has 3 aliphatic heterocycles. The molecule has 0 amide bonds. The van der Waals surface area contributed by atoms with Crippen LogP contribution in [0.1, 0.15) is 68.7 Å². The molecular weight excluding hydrogens is 376 g/mol. The van der Waals surface area contributed by atoms with Gasteiger partial charge < -0.3 is 28.4 Å². The van der Waals surface area contributed by atoms with Gasteiger partial charge in [-0.15, -0.1) is 0 Å². The van der Waals surface area contributed by atoms with Crippen LogP contribution in [0, 0.1) is 17.3 Å². The van der Waals surface area contributed by atoms with Crippen molar-refractivity contribution in [3.05, 3.63) is 0 Å². The number of fused-ring (bicyclic) bond motifs is 1. The van der Waals surface area contributed by atoms with Crippen LogP contribution in [0.3, 0.4) is 0 Å². The number of ether oxygens (including phenoxy) is 6. The van der Waals surface area contributed by atoms with Gasteiger partial charge in [0.25, 0.3) is 0 Å². The zero-order chi connectivity index (χ0) is 21.8. The Labute approximate surface area is 174 Å². The third-order valence-corrected chi connectivity index (χ3v) is 6.24. The van der Waals surface area contributed by atoms with Crippen LogP contribution >= 0.6 is 0 Å². The SMILES string of the molecule is CC(C)CC(C)(C(=O)OC1C(C2COC(C)(C)O2)OC2OC(C)(C)OC21)C(C)C. The van der Waals surface area contributed by atoms with Gasteiger partial charge >= 0.3 is 5.97 Å². The van der Waals surface area contributed by atoms with Crippen molar-refractivity contribution in [2.45, 2.75) is 111 Å². The highest BCUT2D eigenvalue weighted by atomic mass is 16.8. The lowest BCUT2D eigenvalue weighted by Gasteiger charge is -2.36. The van der Waals surface area contributed by atoms with E-state index < -0.39 is 41.6 Å². The predicted octanol–water partition coefficient (Wildman–Crippen LogP) is 3.63. The summed E-state index contributed by atoms with van der Waals surface area (Å²) < 4.78 is 35.9. The Morgan fingerprint density at radius 3 is 2.21 bits per heavy atom. The molecule has 7 heteroatoms. The quantitative estimate of drug-likeness (QED) is 0.615. The first-order valence-electron chi connectivity index (χ1n) is 10.8.